The quantitative estimate of drug-likeness (QED) is 0.124. The number of H-pyrrole nitrogens is 1. The number of nitrogens with two attached hydrogens (primary N) is 1. The van der Waals surface area contributed by atoms with Crippen LogP contribution in [0.15, 0.2) is 54.7 Å². The molecule has 0 aliphatic carbocycles. The summed E-state index contributed by atoms with van der Waals surface area (Å²) in [5, 5.41) is 46.5. The molecule has 0 aliphatic rings. The summed E-state index contributed by atoms with van der Waals surface area (Å²) in [6.07, 6.45) is 0.119. The van der Waals surface area contributed by atoms with Gasteiger partial charge in [-0.2, -0.15) is 0 Å². The number of rotatable bonds is 13. The number of benzene rings is 2. The lowest BCUT2D eigenvalue weighted by Gasteiger charge is -2.26. The molecule has 3 rings (SSSR count). The van der Waals surface area contributed by atoms with Crippen molar-refractivity contribution >= 4 is 34.6 Å². The Balaban J connectivity index is 1.86. The van der Waals surface area contributed by atoms with Crippen LogP contribution < -0.4 is 21.7 Å². The minimum Gasteiger partial charge on any atom is -0.508 e. The van der Waals surface area contributed by atoms with Crippen molar-refractivity contribution < 1.29 is 39.6 Å². The lowest BCUT2D eigenvalue weighted by Crippen LogP contribution is -2.60. The van der Waals surface area contributed by atoms with E-state index in [1.165, 1.54) is 31.2 Å². The molecule has 1 heterocycles. The number of aromatic amines is 1. The maximum Gasteiger partial charge on any atom is 0.326 e. The number of aliphatic hydroxyl groups is 2. The Morgan fingerprint density at radius 3 is 2.17 bits per heavy atom. The second-order valence-corrected chi connectivity index (χ2v) is 9.41. The maximum absolute atomic E-state index is 13.4. The molecule has 40 heavy (non-hydrogen) atoms. The van der Waals surface area contributed by atoms with E-state index in [4.69, 9.17) is 10.8 Å². The first-order valence-corrected chi connectivity index (χ1v) is 12.5. The molecule has 10 N–H and O–H groups in total. The molecular weight excluding hydrogens is 522 g/mol. The first kappa shape index (κ1) is 30.1. The number of fused-ring (bicyclic) bond motifs is 1. The van der Waals surface area contributed by atoms with Gasteiger partial charge in [-0.15, -0.1) is 0 Å². The molecule has 5 unspecified atom stereocenters. The van der Waals surface area contributed by atoms with Crippen molar-refractivity contribution in [2.75, 3.05) is 6.61 Å². The second-order valence-electron chi connectivity index (χ2n) is 9.41. The topological polar surface area (TPSA) is 227 Å². The Morgan fingerprint density at radius 2 is 1.55 bits per heavy atom. The molecule has 5 atom stereocenters. The van der Waals surface area contributed by atoms with Crippen molar-refractivity contribution in [1.29, 1.82) is 0 Å². The number of phenols is 1. The Kier molecular flexibility index (Phi) is 10.2. The maximum atomic E-state index is 13.4. The zero-order chi connectivity index (χ0) is 29.4. The summed E-state index contributed by atoms with van der Waals surface area (Å²) >= 11 is 0. The zero-order valence-corrected chi connectivity index (χ0v) is 21.7. The average molecular weight is 556 g/mol. The molecule has 1 aromatic heterocycles. The molecular formula is C27H33N5O8. The van der Waals surface area contributed by atoms with Crippen LogP contribution in [0.3, 0.4) is 0 Å². The van der Waals surface area contributed by atoms with Crippen LogP contribution in [0, 0.1) is 0 Å². The lowest BCUT2D eigenvalue weighted by atomic mass is 10.0. The number of amides is 3. The smallest absolute Gasteiger partial charge is 0.326 e. The highest BCUT2D eigenvalue weighted by Gasteiger charge is 2.33. The fraction of sp³-hybridized carbons (Fsp3) is 0.333. The van der Waals surface area contributed by atoms with Crippen molar-refractivity contribution in [3.05, 3.63) is 65.9 Å². The normalized spacial score (nSPS) is 14.9. The Hall–Kier alpha value is -4.46. The van der Waals surface area contributed by atoms with Crippen LogP contribution in [0.5, 0.6) is 5.75 Å². The number of aromatic hydroxyl groups is 1. The van der Waals surface area contributed by atoms with Crippen LogP contribution in [0.4, 0.5) is 0 Å². The van der Waals surface area contributed by atoms with Gasteiger partial charge in [0, 0.05) is 29.9 Å². The summed E-state index contributed by atoms with van der Waals surface area (Å²) in [6, 6.07) is 7.57. The van der Waals surface area contributed by atoms with Gasteiger partial charge in [0.05, 0.1) is 12.7 Å². The minimum absolute atomic E-state index is 0.000804. The van der Waals surface area contributed by atoms with Crippen molar-refractivity contribution in [1.82, 2.24) is 20.9 Å². The Labute approximate surface area is 229 Å². The first-order valence-electron chi connectivity index (χ1n) is 12.5. The molecule has 0 fully saturated rings. The molecule has 0 saturated carbocycles. The number of phenolic OH excluding ortho intramolecular Hbond substituents is 1. The molecule has 3 aromatic rings. The van der Waals surface area contributed by atoms with Crippen LogP contribution in [-0.4, -0.2) is 86.0 Å². The highest BCUT2D eigenvalue weighted by Crippen LogP contribution is 2.19. The highest BCUT2D eigenvalue weighted by atomic mass is 16.4. The fourth-order valence-electron chi connectivity index (χ4n) is 4.08. The van der Waals surface area contributed by atoms with E-state index in [0.717, 1.165) is 10.9 Å². The molecule has 3 amide bonds. The number of carbonyl (C=O) groups excluding carboxylic acids is 3. The SMILES string of the molecule is CC(O)C(NC(=O)C(N)CO)C(=O)NC(Cc1c[nH]c2ccccc12)C(=O)NC(Cc1ccc(O)cc1)C(=O)O. The number of aromatic nitrogens is 1. The Morgan fingerprint density at radius 1 is 0.900 bits per heavy atom. The molecule has 13 nitrogen and oxygen atoms in total. The van der Waals surface area contributed by atoms with Crippen LogP contribution >= 0.6 is 0 Å². The summed E-state index contributed by atoms with van der Waals surface area (Å²) < 4.78 is 0. The predicted molar refractivity (Wildman–Crippen MR) is 144 cm³/mol. The molecule has 2 aromatic carbocycles. The average Bonchev–Trinajstić information content (AvgIpc) is 3.33. The Bertz CT molecular complexity index is 1340. The standard InChI is InChI=1S/C27H33N5O8/c1-14(34)23(32-24(36)19(28)13-33)26(38)30-21(11-16-12-29-20-5-3-2-4-18(16)20)25(37)31-22(27(39)40)10-15-6-8-17(35)9-7-15/h2-9,12,14,19,21-23,29,33-35H,10-11,13,28H2,1H3,(H,30,38)(H,31,37)(H,32,36)(H,39,40). The van der Waals surface area contributed by atoms with Gasteiger partial charge in [0.1, 0.15) is 29.9 Å². The molecule has 0 radical (unpaired) electrons. The van der Waals surface area contributed by atoms with E-state index in [0.29, 0.717) is 11.1 Å². The van der Waals surface area contributed by atoms with E-state index in [2.05, 4.69) is 20.9 Å². The molecule has 13 heteroatoms. The zero-order valence-electron chi connectivity index (χ0n) is 21.7. The summed E-state index contributed by atoms with van der Waals surface area (Å²) in [6.45, 7) is 0.561. The number of para-hydroxylation sites is 1. The van der Waals surface area contributed by atoms with Gasteiger partial charge >= 0.3 is 5.97 Å². The first-order chi connectivity index (χ1) is 19.0. The number of carboxylic acids is 1. The highest BCUT2D eigenvalue weighted by molar-refractivity contribution is 5.95. The number of hydrogen-bond acceptors (Lipinski definition) is 8. The van der Waals surface area contributed by atoms with Gasteiger partial charge in [0.2, 0.25) is 17.7 Å². The molecule has 0 saturated heterocycles. The molecule has 0 bridgehead atoms. The van der Waals surface area contributed by atoms with Gasteiger partial charge in [-0.25, -0.2) is 4.79 Å². The van der Waals surface area contributed by atoms with E-state index < -0.39 is 60.6 Å². The predicted octanol–water partition coefficient (Wildman–Crippen LogP) is -1.10. The molecule has 0 spiro atoms. The van der Waals surface area contributed by atoms with Gasteiger partial charge < -0.3 is 47.1 Å². The lowest BCUT2D eigenvalue weighted by molar-refractivity contribution is -0.142. The number of hydrogen-bond donors (Lipinski definition) is 9. The summed E-state index contributed by atoms with van der Waals surface area (Å²) in [7, 11) is 0. The summed E-state index contributed by atoms with van der Waals surface area (Å²) in [4.78, 5) is 53.8. The van der Waals surface area contributed by atoms with Crippen molar-refractivity contribution in [3.63, 3.8) is 0 Å². The number of carbonyl (C=O) groups is 4. The summed E-state index contributed by atoms with van der Waals surface area (Å²) in [5.41, 5.74) is 7.48. The van der Waals surface area contributed by atoms with Gasteiger partial charge in [-0.1, -0.05) is 30.3 Å². The van der Waals surface area contributed by atoms with Crippen molar-refractivity contribution in [3.8, 4) is 5.75 Å². The third-order valence-electron chi connectivity index (χ3n) is 6.32. The van der Waals surface area contributed by atoms with E-state index >= 15 is 0 Å². The minimum atomic E-state index is -1.52. The van der Waals surface area contributed by atoms with Crippen LogP contribution in [-0.2, 0) is 32.0 Å². The molecule has 0 aliphatic heterocycles. The number of nitrogens with one attached hydrogen (secondary N) is 4. The van der Waals surface area contributed by atoms with Crippen LogP contribution in [0.2, 0.25) is 0 Å². The van der Waals surface area contributed by atoms with E-state index in [9.17, 15) is 34.5 Å². The van der Waals surface area contributed by atoms with Crippen molar-refractivity contribution in [2.45, 2.75) is 50.0 Å². The van der Waals surface area contributed by atoms with Gasteiger partial charge in [-0.3, -0.25) is 14.4 Å². The number of aliphatic carboxylic acids is 1. The monoisotopic (exact) mass is 555 g/mol. The number of aliphatic hydroxyl groups excluding tert-OH is 2. The van der Waals surface area contributed by atoms with E-state index in [-0.39, 0.29) is 18.6 Å². The van der Waals surface area contributed by atoms with Crippen molar-refractivity contribution in [2.24, 2.45) is 5.73 Å². The second kappa shape index (κ2) is 13.6. The third kappa shape index (κ3) is 7.79. The van der Waals surface area contributed by atoms with Crippen LogP contribution in [0.25, 0.3) is 10.9 Å². The molecule has 214 valence electrons. The largest absolute Gasteiger partial charge is 0.508 e. The third-order valence-corrected chi connectivity index (χ3v) is 6.32. The summed E-state index contributed by atoms with van der Waals surface area (Å²) in [5.74, 6) is -3.93. The van der Waals surface area contributed by atoms with E-state index in [1.807, 2.05) is 18.2 Å². The fourth-order valence-corrected chi connectivity index (χ4v) is 4.08. The van der Waals surface area contributed by atoms with Crippen LogP contribution in [0.1, 0.15) is 18.1 Å². The van der Waals surface area contributed by atoms with E-state index in [1.54, 1.807) is 12.3 Å². The number of carboxylic acid groups (broad SMARTS) is 1. The van der Waals surface area contributed by atoms with Gasteiger partial charge in [-0.05, 0) is 36.2 Å². The van der Waals surface area contributed by atoms with Gasteiger partial charge in [0.25, 0.3) is 0 Å². The van der Waals surface area contributed by atoms with Gasteiger partial charge in [0.15, 0.2) is 0 Å².